The molecule has 1 amide bonds. The molecule has 0 bridgehead atoms. The zero-order valence-electron chi connectivity index (χ0n) is 14.5. The lowest BCUT2D eigenvalue weighted by Gasteiger charge is -2.16. The molecular formula is C18H24N4O2. The van der Waals surface area contributed by atoms with E-state index in [1.165, 1.54) is 0 Å². The van der Waals surface area contributed by atoms with E-state index >= 15 is 0 Å². The maximum Gasteiger partial charge on any atom is 0.256 e. The number of hydrogen-bond donors (Lipinski definition) is 1. The van der Waals surface area contributed by atoms with E-state index in [1.807, 2.05) is 31.2 Å². The van der Waals surface area contributed by atoms with Gasteiger partial charge in [-0.05, 0) is 37.6 Å². The van der Waals surface area contributed by atoms with Gasteiger partial charge in [-0.1, -0.05) is 13.3 Å². The molecule has 0 saturated carbocycles. The number of nitrogens with zero attached hydrogens (tertiary/aromatic N) is 3. The molecule has 0 spiro atoms. The minimum absolute atomic E-state index is 0.0592. The van der Waals surface area contributed by atoms with Gasteiger partial charge >= 0.3 is 0 Å². The molecule has 0 aliphatic carbocycles. The molecule has 0 aliphatic rings. The van der Waals surface area contributed by atoms with Crippen LogP contribution in [0, 0.1) is 0 Å². The number of nitrogens with one attached hydrogen (secondary N) is 1. The van der Waals surface area contributed by atoms with Crippen LogP contribution in [0.25, 0.3) is 0 Å². The Bertz CT molecular complexity index is 641. The van der Waals surface area contributed by atoms with E-state index in [1.54, 1.807) is 24.3 Å². The predicted octanol–water partition coefficient (Wildman–Crippen LogP) is 3.49. The smallest absolute Gasteiger partial charge is 0.256 e. The number of amides is 1. The minimum atomic E-state index is -0.0592. The van der Waals surface area contributed by atoms with E-state index in [9.17, 15) is 4.79 Å². The molecule has 6 nitrogen and oxygen atoms in total. The van der Waals surface area contributed by atoms with Crippen molar-refractivity contribution in [1.82, 2.24) is 14.9 Å². The van der Waals surface area contributed by atoms with Crippen LogP contribution in [0.4, 0.5) is 11.6 Å². The third-order valence-electron chi connectivity index (χ3n) is 3.51. The fraction of sp³-hybridized carbons (Fsp3) is 0.389. The van der Waals surface area contributed by atoms with Gasteiger partial charge in [0.05, 0.1) is 12.2 Å². The number of aromatic nitrogens is 2. The van der Waals surface area contributed by atoms with Gasteiger partial charge in [0, 0.05) is 31.7 Å². The Morgan fingerprint density at radius 2 is 1.83 bits per heavy atom. The Labute approximate surface area is 142 Å². The number of hydrogen-bond acceptors (Lipinski definition) is 5. The van der Waals surface area contributed by atoms with Gasteiger partial charge in [0.1, 0.15) is 5.75 Å². The van der Waals surface area contributed by atoms with Gasteiger partial charge in [-0.2, -0.15) is 0 Å². The van der Waals surface area contributed by atoms with Gasteiger partial charge in [0.15, 0.2) is 0 Å². The highest BCUT2D eigenvalue weighted by molar-refractivity contribution is 5.93. The zero-order chi connectivity index (χ0) is 17.4. The number of rotatable bonds is 8. The van der Waals surface area contributed by atoms with Crippen molar-refractivity contribution in [3.63, 3.8) is 0 Å². The molecule has 1 aromatic carbocycles. The van der Waals surface area contributed by atoms with Crippen LogP contribution < -0.4 is 10.1 Å². The summed E-state index contributed by atoms with van der Waals surface area (Å²) < 4.78 is 5.40. The van der Waals surface area contributed by atoms with Crippen molar-refractivity contribution >= 4 is 17.5 Å². The summed E-state index contributed by atoms with van der Waals surface area (Å²) >= 11 is 0. The zero-order valence-corrected chi connectivity index (χ0v) is 14.5. The van der Waals surface area contributed by atoms with Gasteiger partial charge < -0.3 is 15.0 Å². The summed E-state index contributed by atoms with van der Waals surface area (Å²) in [5.41, 5.74) is 1.35. The van der Waals surface area contributed by atoms with Crippen LogP contribution in [-0.4, -0.2) is 41.0 Å². The molecule has 0 unspecified atom stereocenters. The quantitative estimate of drug-likeness (QED) is 0.803. The average Bonchev–Trinajstić information content (AvgIpc) is 2.61. The van der Waals surface area contributed by atoms with E-state index in [-0.39, 0.29) is 5.91 Å². The summed E-state index contributed by atoms with van der Waals surface area (Å²) in [5.74, 6) is 1.21. The number of carbonyl (C=O) groups is 1. The molecule has 0 saturated heterocycles. The molecule has 6 heteroatoms. The minimum Gasteiger partial charge on any atom is -0.494 e. The van der Waals surface area contributed by atoms with Crippen molar-refractivity contribution in [1.29, 1.82) is 0 Å². The first-order valence-corrected chi connectivity index (χ1v) is 8.21. The first kappa shape index (κ1) is 17.7. The molecule has 0 fully saturated rings. The van der Waals surface area contributed by atoms with Crippen LogP contribution in [-0.2, 0) is 0 Å². The summed E-state index contributed by atoms with van der Waals surface area (Å²) in [5, 5.41) is 3.10. The van der Waals surface area contributed by atoms with Crippen LogP contribution in [0.3, 0.4) is 0 Å². The highest BCUT2D eigenvalue weighted by Crippen LogP contribution is 2.18. The largest absolute Gasteiger partial charge is 0.494 e. The highest BCUT2D eigenvalue weighted by atomic mass is 16.5. The van der Waals surface area contributed by atoms with Gasteiger partial charge in [0.2, 0.25) is 5.95 Å². The first-order valence-electron chi connectivity index (χ1n) is 8.21. The standard InChI is InChI=1S/C18H24N4O2/c1-4-6-11-22(3)17(23)14-12-19-18(20-13-14)21-15-7-9-16(10-8-15)24-5-2/h7-10,12-13H,4-6,11H2,1-3H3,(H,19,20,21). The molecule has 24 heavy (non-hydrogen) atoms. The fourth-order valence-corrected chi connectivity index (χ4v) is 2.15. The SMILES string of the molecule is CCCCN(C)C(=O)c1cnc(Nc2ccc(OCC)cc2)nc1. The molecule has 0 atom stereocenters. The lowest BCUT2D eigenvalue weighted by atomic mass is 10.2. The Balaban J connectivity index is 1.97. The Kier molecular flexibility index (Phi) is 6.54. The van der Waals surface area contributed by atoms with Crippen LogP contribution in [0.2, 0.25) is 0 Å². The molecule has 0 radical (unpaired) electrons. The highest BCUT2D eigenvalue weighted by Gasteiger charge is 2.12. The van der Waals surface area contributed by atoms with Crippen molar-refractivity contribution in [2.24, 2.45) is 0 Å². The van der Waals surface area contributed by atoms with Crippen LogP contribution in [0.5, 0.6) is 5.75 Å². The molecule has 1 N–H and O–H groups in total. The van der Waals surface area contributed by atoms with Crippen LogP contribution >= 0.6 is 0 Å². The van der Waals surface area contributed by atoms with Crippen molar-refractivity contribution in [2.45, 2.75) is 26.7 Å². The number of anilines is 2. The Hall–Kier alpha value is -2.63. The van der Waals surface area contributed by atoms with E-state index in [4.69, 9.17) is 4.74 Å². The van der Waals surface area contributed by atoms with E-state index in [2.05, 4.69) is 22.2 Å². The van der Waals surface area contributed by atoms with Gasteiger partial charge in [-0.15, -0.1) is 0 Å². The Morgan fingerprint density at radius 1 is 1.17 bits per heavy atom. The van der Waals surface area contributed by atoms with Crippen molar-refractivity contribution < 1.29 is 9.53 Å². The summed E-state index contributed by atoms with van der Waals surface area (Å²) in [4.78, 5) is 22.4. The lowest BCUT2D eigenvalue weighted by molar-refractivity contribution is 0.0792. The lowest BCUT2D eigenvalue weighted by Crippen LogP contribution is -2.27. The molecule has 1 aromatic heterocycles. The fourth-order valence-electron chi connectivity index (χ4n) is 2.15. The van der Waals surface area contributed by atoms with Crippen LogP contribution in [0.1, 0.15) is 37.0 Å². The van der Waals surface area contributed by atoms with Crippen molar-refractivity contribution in [2.75, 3.05) is 25.5 Å². The monoisotopic (exact) mass is 328 g/mol. The maximum absolute atomic E-state index is 12.2. The van der Waals surface area contributed by atoms with E-state index in [0.29, 0.717) is 18.1 Å². The third kappa shape index (κ3) is 4.94. The van der Waals surface area contributed by atoms with Gasteiger partial charge in [0.25, 0.3) is 5.91 Å². The molecule has 128 valence electrons. The first-order chi connectivity index (χ1) is 11.6. The number of unbranched alkanes of at least 4 members (excludes halogenated alkanes) is 1. The predicted molar refractivity (Wildman–Crippen MR) is 94.8 cm³/mol. The topological polar surface area (TPSA) is 67.4 Å². The van der Waals surface area contributed by atoms with E-state index in [0.717, 1.165) is 30.8 Å². The molecule has 2 rings (SSSR count). The number of benzene rings is 1. The average molecular weight is 328 g/mol. The molecule has 1 heterocycles. The second kappa shape index (κ2) is 8.86. The van der Waals surface area contributed by atoms with Gasteiger partial charge in [-0.25, -0.2) is 9.97 Å². The van der Waals surface area contributed by atoms with Crippen LogP contribution in [0.15, 0.2) is 36.7 Å². The second-order valence-electron chi connectivity index (χ2n) is 5.46. The number of ether oxygens (including phenoxy) is 1. The van der Waals surface area contributed by atoms with E-state index < -0.39 is 0 Å². The second-order valence-corrected chi connectivity index (χ2v) is 5.46. The summed E-state index contributed by atoms with van der Waals surface area (Å²) in [6.07, 6.45) is 5.14. The summed E-state index contributed by atoms with van der Waals surface area (Å²) in [6, 6.07) is 7.55. The molecular weight excluding hydrogens is 304 g/mol. The summed E-state index contributed by atoms with van der Waals surface area (Å²) in [6.45, 7) is 5.42. The molecule has 0 aliphatic heterocycles. The third-order valence-corrected chi connectivity index (χ3v) is 3.51. The molecule has 2 aromatic rings. The van der Waals surface area contributed by atoms with Gasteiger partial charge in [-0.3, -0.25) is 4.79 Å². The summed E-state index contributed by atoms with van der Waals surface area (Å²) in [7, 11) is 1.80. The number of carbonyl (C=O) groups excluding carboxylic acids is 1. The maximum atomic E-state index is 12.2. The Morgan fingerprint density at radius 3 is 2.42 bits per heavy atom. The van der Waals surface area contributed by atoms with Crippen molar-refractivity contribution in [3.05, 3.63) is 42.2 Å². The normalized spacial score (nSPS) is 10.3. The van der Waals surface area contributed by atoms with Crippen molar-refractivity contribution in [3.8, 4) is 5.75 Å².